The molecule has 0 atom stereocenters. The normalized spacial score (nSPS) is 9.10. The predicted octanol–water partition coefficient (Wildman–Crippen LogP) is 2.53. The van der Waals surface area contributed by atoms with Crippen LogP contribution in [0.3, 0.4) is 0 Å². The van der Waals surface area contributed by atoms with Gasteiger partial charge < -0.3 is 0 Å². The van der Waals surface area contributed by atoms with E-state index in [2.05, 4.69) is 0 Å². The minimum absolute atomic E-state index is 0.234. The number of rotatable bonds is 4. The molecule has 0 aliphatic carbocycles. The van der Waals surface area contributed by atoms with E-state index in [9.17, 15) is 4.79 Å². The molecule has 0 spiro atoms. The fourth-order valence-electron chi connectivity index (χ4n) is 0.570. The Kier molecular flexibility index (Phi) is 4.91. The van der Waals surface area contributed by atoms with Crippen molar-refractivity contribution in [2.75, 3.05) is 0 Å². The molecule has 0 aromatic rings. The first-order valence-electron chi connectivity index (χ1n) is 3.66. The summed E-state index contributed by atoms with van der Waals surface area (Å²) in [5.41, 5.74) is 1.26. The molecule has 0 saturated heterocycles. The average Bonchev–Trinajstić information content (AvgIpc) is 1.87. The van der Waals surface area contributed by atoms with Crippen LogP contribution in [-0.4, -0.2) is 5.78 Å². The minimum Gasteiger partial charge on any atom is -0.299 e. The third-order valence-corrected chi connectivity index (χ3v) is 1.22. The second kappa shape index (κ2) is 5.21. The molecule has 57 valence electrons. The molecule has 0 aliphatic rings. The summed E-state index contributed by atoms with van der Waals surface area (Å²) in [7, 11) is 0. The molecule has 0 bridgehead atoms. The van der Waals surface area contributed by atoms with Crippen LogP contribution in [0.1, 0.15) is 33.6 Å². The lowest BCUT2D eigenvalue weighted by Crippen LogP contribution is -1.93. The van der Waals surface area contributed by atoms with E-state index in [0.29, 0.717) is 6.42 Å². The Morgan fingerprint density at radius 1 is 1.40 bits per heavy atom. The SMILES string of the molecule is CCC(=O)[CH]CC=C(C)C. The van der Waals surface area contributed by atoms with Gasteiger partial charge in [-0.2, -0.15) is 0 Å². The van der Waals surface area contributed by atoms with Crippen molar-refractivity contribution in [1.29, 1.82) is 0 Å². The number of carbonyl (C=O) groups excluding carboxylic acids is 1. The van der Waals surface area contributed by atoms with Crippen molar-refractivity contribution in [2.45, 2.75) is 33.6 Å². The lowest BCUT2D eigenvalue weighted by molar-refractivity contribution is -0.115. The van der Waals surface area contributed by atoms with Gasteiger partial charge in [-0.05, 0) is 20.3 Å². The summed E-state index contributed by atoms with van der Waals surface area (Å²) in [6.07, 6.45) is 5.19. The lowest BCUT2D eigenvalue weighted by atomic mass is 10.1. The van der Waals surface area contributed by atoms with Crippen LogP contribution in [0.4, 0.5) is 0 Å². The maximum absolute atomic E-state index is 10.7. The Hall–Kier alpha value is -0.590. The zero-order valence-corrected chi connectivity index (χ0v) is 6.98. The van der Waals surface area contributed by atoms with E-state index >= 15 is 0 Å². The van der Waals surface area contributed by atoms with Crippen molar-refractivity contribution in [1.82, 2.24) is 0 Å². The standard InChI is InChI=1S/C9H15O/c1-4-9(10)7-5-6-8(2)3/h6-7H,4-5H2,1-3H3. The van der Waals surface area contributed by atoms with Gasteiger partial charge in [0.2, 0.25) is 0 Å². The number of Topliss-reactive ketones (excluding diaryl/α,β-unsaturated/α-hetero) is 1. The van der Waals surface area contributed by atoms with E-state index in [1.165, 1.54) is 5.57 Å². The van der Waals surface area contributed by atoms with Crippen molar-refractivity contribution < 1.29 is 4.79 Å². The van der Waals surface area contributed by atoms with Crippen LogP contribution in [0, 0.1) is 6.42 Å². The smallest absolute Gasteiger partial charge is 0.136 e. The Balaban J connectivity index is 3.37. The van der Waals surface area contributed by atoms with E-state index in [-0.39, 0.29) is 5.78 Å². The first kappa shape index (κ1) is 9.41. The molecule has 0 aromatic carbocycles. The zero-order chi connectivity index (χ0) is 7.98. The van der Waals surface area contributed by atoms with E-state index in [1.54, 1.807) is 6.42 Å². The van der Waals surface area contributed by atoms with E-state index in [1.807, 2.05) is 26.8 Å². The summed E-state index contributed by atoms with van der Waals surface area (Å²) >= 11 is 0. The summed E-state index contributed by atoms with van der Waals surface area (Å²) in [5, 5.41) is 0. The predicted molar refractivity (Wildman–Crippen MR) is 43.6 cm³/mol. The zero-order valence-electron chi connectivity index (χ0n) is 6.98. The monoisotopic (exact) mass is 139 g/mol. The minimum atomic E-state index is 0.234. The Bertz CT molecular complexity index is 130. The molecule has 0 rings (SSSR count). The van der Waals surface area contributed by atoms with Gasteiger partial charge in [-0.3, -0.25) is 4.79 Å². The highest BCUT2D eigenvalue weighted by Crippen LogP contribution is 1.97. The van der Waals surface area contributed by atoms with Gasteiger partial charge in [0.05, 0.1) is 0 Å². The fourth-order valence-corrected chi connectivity index (χ4v) is 0.570. The molecule has 0 aromatic heterocycles. The molecule has 0 amide bonds. The fraction of sp³-hybridized carbons (Fsp3) is 0.556. The van der Waals surface area contributed by atoms with Gasteiger partial charge in [0.25, 0.3) is 0 Å². The summed E-state index contributed by atoms with van der Waals surface area (Å²) < 4.78 is 0. The third kappa shape index (κ3) is 5.54. The van der Waals surface area contributed by atoms with E-state index in [4.69, 9.17) is 0 Å². The molecule has 1 heteroatoms. The molecule has 10 heavy (non-hydrogen) atoms. The summed E-state index contributed by atoms with van der Waals surface area (Å²) in [5.74, 6) is 0.234. The molecular formula is C9H15O. The van der Waals surface area contributed by atoms with Gasteiger partial charge in [0.15, 0.2) is 0 Å². The third-order valence-electron chi connectivity index (χ3n) is 1.22. The van der Waals surface area contributed by atoms with Crippen molar-refractivity contribution >= 4 is 5.78 Å². The number of allylic oxidation sites excluding steroid dienone is 2. The number of ketones is 1. The lowest BCUT2D eigenvalue weighted by Gasteiger charge is -1.91. The molecule has 1 nitrogen and oxygen atoms in total. The van der Waals surface area contributed by atoms with E-state index in [0.717, 1.165) is 6.42 Å². The topological polar surface area (TPSA) is 17.1 Å². The van der Waals surface area contributed by atoms with Crippen LogP contribution >= 0.6 is 0 Å². The van der Waals surface area contributed by atoms with Gasteiger partial charge in [-0.15, -0.1) is 0 Å². The van der Waals surface area contributed by atoms with Crippen LogP contribution in [0.2, 0.25) is 0 Å². The molecule has 0 unspecified atom stereocenters. The number of hydrogen-bond donors (Lipinski definition) is 0. The summed E-state index contributed by atoms with van der Waals surface area (Å²) in [6, 6.07) is 0. The largest absolute Gasteiger partial charge is 0.299 e. The van der Waals surface area contributed by atoms with Crippen LogP contribution in [0.25, 0.3) is 0 Å². The van der Waals surface area contributed by atoms with Crippen LogP contribution in [-0.2, 0) is 4.79 Å². The second-order valence-corrected chi connectivity index (χ2v) is 2.54. The van der Waals surface area contributed by atoms with Gasteiger partial charge in [-0.1, -0.05) is 18.6 Å². The second-order valence-electron chi connectivity index (χ2n) is 2.54. The Morgan fingerprint density at radius 3 is 2.40 bits per heavy atom. The maximum atomic E-state index is 10.7. The maximum Gasteiger partial charge on any atom is 0.136 e. The average molecular weight is 139 g/mol. The van der Waals surface area contributed by atoms with Crippen LogP contribution in [0.15, 0.2) is 11.6 Å². The van der Waals surface area contributed by atoms with Gasteiger partial charge >= 0.3 is 0 Å². The van der Waals surface area contributed by atoms with Crippen molar-refractivity contribution in [3.05, 3.63) is 18.1 Å². The van der Waals surface area contributed by atoms with Crippen molar-refractivity contribution in [2.24, 2.45) is 0 Å². The van der Waals surface area contributed by atoms with Crippen molar-refractivity contribution in [3.63, 3.8) is 0 Å². The first-order valence-corrected chi connectivity index (χ1v) is 3.66. The van der Waals surface area contributed by atoms with Crippen molar-refractivity contribution in [3.8, 4) is 0 Å². The highest BCUT2D eigenvalue weighted by atomic mass is 16.1. The number of hydrogen-bond acceptors (Lipinski definition) is 1. The number of carbonyl (C=O) groups is 1. The highest BCUT2D eigenvalue weighted by Gasteiger charge is 1.94. The van der Waals surface area contributed by atoms with Gasteiger partial charge in [0, 0.05) is 12.8 Å². The molecule has 0 N–H and O–H groups in total. The van der Waals surface area contributed by atoms with Crippen LogP contribution in [0.5, 0.6) is 0 Å². The highest BCUT2D eigenvalue weighted by molar-refractivity contribution is 5.86. The molecule has 0 saturated carbocycles. The summed E-state index contributed by atoms with van der Waals surface area (Å²) in [6.45, 7) is 5.94. The van der Waals surface area contributed by atoms with E-state index < -0.39 is 0 Å². The summed E-state index contributed by atoms with van der Waals surface area (Å²) in [4.78, 5) is 10.7. The first-order chi connectivity index (χ1) is 4.66. The van der Waals surface area contributed by atoms with Crippen LogP contribution < -0.4 is 0 Å². The quantitative estimate of drug-likeness (QED) is 0.547. The van der Waals surface area contributed by atoms with Gasteiger partial charge in [-0.25, -0.2) is 0 Å². The molecule has 0 fully saturated rings. The Morgan fingerprint density at radius 2 is 2.00 bits per heavy atom. The Labute approximate surface area is 63.1 Å². The molecule has 0 aliphatic heterocycles. The van der Waals surface area contributed by atoms with Gasteiger partial charge in [0.1, 0.15) is 5.78 Å². The molecule has 0 heterocycles. The molecule has 1 radical (unpaired) electrons. The molecular weight excluding hydrogens is 124 g/mol.